The van der Waals surface area contributed by atoms with Crippen molar-refractivity contribution in [1.29, 1.82) is 0 Å². The van der Waals surface area contributed by atoms with Crippen LogP contribution in [0.5, 0.6) is 17.2 Å². The third-order valence-electron chi connectivity index (χ3n) is 8.30. The molecule has 6 atom stereocenters. The van der Waals surface area contributed by atoms with Crippen LogP contribution in [0.1, 0.15) is 89.6 Å². The van der Waals surface area contributed by atoms with E-state index >= 15 is 0 Å². The van der Waals surface area contributed by atoms with Crippen molar-refractivity contribution in [3.63, 3.8) is 0 Å². The van der Waals surface area contributed by atoms with Gasteiger partial charge in [0.2, 0.25) is 5.78 Å². The molecule has 0 aromatic heterocycles. The molecule has 11 heteroatoms. The molecule has 11 nitrogen and oxygen atoms in total. The summed E-state index contributed by atoms with van der Waals surface area (Å²) in [5.41, 5.74) is -2.94. The molecule has 5 rings (SSSR count). The van der Waals surface area contributed by atoms with Crippen LogP contribution in [0.4, 0.5) is 0 Å². The lowest BCUT2D eigenvalue weighted by Crippen LogP contribution is -2.55. The highest BCUT2D eigenvalue weighted by atomic mass is 16.7. The number of ketones is 3. The van der Waals surface area contributed by atoms with Crippen molar-refractivity contribution in [2.45, 2.75) is 89.2 Å². The Morgan fingerprint density at radius 2 is 1.80 bits per heavy atom. The van der Waals surface area contributed by atoms with Crippen LogP contribution in [0.2, 0.25) is 0 Å². The fraction of sp³-hybridized carbons (Fsp3) is 0.500. The zero-order chi connectivity index (χ0) is 30.0. The summed E-state index contributed by atoms with van der Waals surface area (Å²) in [7, 11) is 1.35. The number of aliphatic hydroxyl groups is 2. The van der Waals surface area contributed by atoms with Gasteiger partial charge in [0.1, 0.15) is 22.8 Å². The van der Waals surface area contributed by atoms with Crippen LogP contribution in [-0.2, 0) is 20.7 Å². The molecule has 0 spiro atoms. The summed E-state index contributed by atoms with van der Waals surface area (Å²) >= 11 is 0. The average Bonchev–Trinajstić information content (AvgIpc) is 2.91. The fourth-order valence-corrected chi connectivity index (χ4v) is 6.22. The maximum absolute atomic E-state index is 13.7. The smallest absolute Gasteiger partial charge is 0.202 e. The molecule has 0 saturated carbocycles. The minimum atomic E-state index is -1.99. The van der Waals surface area contributed by atoms with Gasteiger partial charge in [0.25, 0.3) is 0 Å². The number of Topliss-reactive ketones (excluding diaryl/α,β-unsaturated/α-hetero) is 1. The van der Waals surface area contributed by atoms with E-state index in [9.17, 15) is 34.8 Å². The Hall–Kier alpha value is -3.35. The van der Waals surface area contributed by atoms with Crippen molar-refractivity contribution >= 4 is 17.3 Å². The second-order valence-electron chi connectivity index (χ2n) is 11.4. The number of phenols is 2. The number of aromatic hydroxyl groups is 2. The molecule has 1 heterocycles. The second-order valence-corrected chi connectivity index (χ2v) is 11.4. The zero-order valence-electron chi connectivity index (χ0n) is 23.6. The standard InChI is InChI=1S/C30H35NO10/c1-12(2)31-17-9-20(40-13(3)25(17)33)41-19-11-30(38,14(4)32)10-16-22(19)29(37)24-23(27(16)35)26(34)15-7-6-8-18(39-5)21(15)28(24)36/h6-8,12-13,17,19-20,25,31,33,35,37-38H,9-11H2,1-5H3/t13?,17?,19-,20?,25?,30-/m0/s1. The number of nitrogens with one attached hydrogen (secondary N) is 1. The number of carbonyl (C=O) groups is 3. The Kier molecular flexibility index (Phi) is 7.46. The van der Waals surface area contributed by atoms with E-state index < -0.39 is 82.6 Å². The molecule has 41 heavy (non-hydrogen) atoms. The zero-order valence-corrected chi connectivity index (χ0v) is 23.6. The SMILES string of the molecule is COc1cccc2c1C(=O)c1c(O)c3c(c(O)c1C2=O)C[C@@](O)(C(C)=O)C[C@@H]3OC1CC(NC(C)C)C(O)C(C)O1. The first-order valence-corrected chi connectivity index (χ1v) is 13.6. The number of carbonyl (C=O) groups excluding carboxylic acids is 3. The molecule has 220 valence electrons. The topological polar surface area (TPSA) is 172 Å². The minimum Gasteiger partial charge on any atom is -0.507 e. The molecule has 5 N–H and O–H groups in total. The van der Waals surface area contributed by atoms with Gasteiger partial charge in [-0.05, 0) is 19.9 Å². The molecule has 1 fully saturated rings. The Balaban J connectivity index is 1.64. The lowest BCUT2D eigenvalue weighted by molar-refractivity contribution is -0.250. The number of methoxy groups -OCH3 is 1. The van der Waals surface area contributed by atoms with Crippen molar-refractivity contribution in [2.75, 3.05) is 7.11 Å². The van der Waals surface area contributed by atoms with Crippen LogP contribution in [0.25, 0.3) is 0 Å². The van der Waals surface area contributed by atoms with Crippen molar-refractivity contribution < 1.29 is 49.0 Å². The number of fused-ring (bicyclic) bond motifs is 3. The van der Waals surface area contributed by atoms with Gasteiger partial charge in [0.05, 0.1) is 42.1 Å². The molecule has 2 aromatic rings. The molecule has 0 radical (unpaired) electrons. The molecule has 0 bridgehead atoms. The Bertz CT molecular complexity index is 1440. The van der Waals surface area contributed by atoms with Gasteiger partial charge in [0.15, 0.2) is 17.9 Å². The van der Waals surface area contributed by atoms with Crippen LogP contribution in [-0.4, -0.2) is 81.1 Å². The van der Waals surface area contributed by atoms with Gasteiger partial charge in [-0.1, -0.05) is 26.0 Å². The van der Waals surface area contributed by atoms with E-state index in [1.807, 2.05) is 13.8 Å². The predicted molar refractivity (Wildman–Crippen MR) is 144 cm³/mol. The normalized spacial score (nSPS) is 29.1. The second kappa shape index (κ2) is 10.5. The van der Waals surface area contributed by atoms with Crippen LogP contribution < -0.4 is 10.1 Å². The van der Waals surface area contributed by atoms with E-state index in [-0.39, 0.29) is 46.9 Å². The van der Waals surface area contributed by atoms with Crippen LogP contribution in [0.15, 0.2) is 18.2 Å². The van der Waals surface area contributed by atoms with E-state index in [1.165, 1.54) is 32.2 Å². The van der Waals surface area contributed by atoms with Gasteiger partial charge >= 0.3 is 0 Å². The third kappa shape index (κ3) is 4.71. The van der Waals surface area contributed by atoms with Gasteiger partial charge in [-0.25, -0.2) is 0 Å². The average molecular weight is 570 g/mol. The summed E-state index contributed by atoms with van der Waals surface area (Å²) < 4.78 is 17.5. The summed E-state index contributed by atoms with van der Waals surface area (Å²) in [4.78, 5) is 39.9. The quantitative estimate of drug-likeness (QED) is 0.275. The minimum absolute atomic E-state index is 0.00576. The molecular weight excluding hydrogens is 534 g/mol. The molecule has 0 amide bonds. The highest BCUT2D eigenvalue weighted by Gasteiger charge is 2.49. The number of rotatable bonds is 6. The Labute approximate surface area is 237 Å². The predicted octanol–water partition coefficient (Wildman–Crippen LogP) is 2.07. The molecule has 3 aliphatic rings. The number of hydrogen-bond acceptors (Lipinski definition) is 11. The van der Waals surface area contributed by atoms with Crippen molar-refractivity contribution in [2.24, 2.45) is 0 Å². The van der Waals surface area contributed by atoms with Gasteiger partial charge < -0.3 is 40.0 Å². The van der Waals surface area contributed by atoms with Crippen LogP contribution >= 0.6 is 0 Å². The van der Waals surface area contributed by atoms with E-state index in [2.05, 4.69) is 5.32 Å². The third-order valence-corrected chi connectivity index (χ3v) is 8.30. The maximum atomic E-state index is 13.7. The van der Waals surface area contributed by atoms with E-state index in [4.69, 9.17) is 14.2 Å². The molecule has 2 aromatic carbocycles. The highest BCUT2D eigenvalue weighted by molar-refractivity contribution is 6.31. The number of hydrogen-bond donors (Lipinski definition) is 5. The number of phenolic OH excluding ortho intramolecular Hbond substituents is 2. The largest absolute Gasteiger partial charge is 0.507 e. The summed E-state index contributed by atoms with van der Waals surface area (Å²) in [5.74, 6) is -3.09. The summed E-state index contributed by atoms with van der Waals surface area (Å²) in [6.45, 7) is 6.75. The first kappa shape index (κ1) is 29.2. The lowest BCUT2D eigenvalue weighted by atomic mass is 9.72. The number of benzene rings is 2. The van der Waals surface area contributed by atoms with Crippen molar-refractivity contribution in [3.8, 4) is 17.2 Å². The number of ether oxygens (including phenoxy) is 3. The molecule has 1 saturated heterocycles. The van der Waals surface area contributed by atoms with Crippen LogP contribution in [0.3, 0.4) is 0 Å². The summed E-state index contributed by atoms with van der Waals surface area (Å²) in [6, 6.07) is 4.13. The first-order chi connectivity index (χ1) is 19.3. The fourth-order valence-electron chi connectivity index (χ4n) is 6.22. The summed E-state index contributed by atoms with van der Waals surface area (Å²) in [6.07, 6.45) is -4.11. The molecule has 4 unspecified atom stereocenters. The van der Waals surface area contributed by atoms with Gasteiger partial charge in [0, 0.05) is 48.0 Å². The first-order valence-electron chi connectivity index (χ1n) is 13.6. The number of aliphatic hydroxyl groups excluding tert-OH is 1. The van der Waals surface area contributed by atoms with Gasteiger partial charge in [-0.3, -0.25) is 14.4 Å². The maximum Gasteiger partial charge on any atom is 0.202 e. The van der Waals surface area contributed by atoms with Crippen LogP contribution in [0, 0.1) is 0 Å². The lowest BCUT2D eigenvalue weighted by Gasteiger charge is -2.43. The summed E-state index contributed by atoms with van der Waals surface area (Å²) in [5, 5.41) is 48.3. The van der Waals surface area contributed by atoms with Crippen molar-refractivity contribution in [3.05, 3.63) is 51.6 Å². The van der Waals surface area contributed by atoms with E-state index in [1.54, 1.807) is 6.92 Å². The van der Waals surface area contributed by atoms with Gasteiger partial charge in [-0.2, -0.15) is 0 Å². The molecular formula is C30H35NO10. The van der Waals surface area contributed by atoms with E-state index in [0.29, 0.717) is 0 Å². The monoisotopic (exact) mass is 569 g/mol. The molecule has 1 aliphatic heterocycles. The molecule has 2 aliphatic carbocycles. The Morgan fingerprint density at radius 3 is 2.44 bits per heavy atom. The highest BCUT2D eigenvalue weighted by Crippen LogP contribution is 2.52. The Morgan fingerprint density at radius 1 is 1.12 bits per heavy atom. The van der Waals surface area contributed by atoms with Gasteiger partial charge in [-0.15, -0.1) is 0 Å². The van der Waals surface area contributed by atoms with Crippen molar-refractivity contribution in [1.82, 2.24) is 5.32 Å². The van der Waals surface area contributed by atoms with E-state index in [0.717, 1.165) is 0 Å².